The Morgan fingerprint density at radius 2 is 1.92 bits per heavy atom. The fourth-order valence-corrected chi connectivity index (χ4v) is 3.18. The van der Waals surface area contributed by atoms with Crippen molar-refractivity contribution < 1.29 is 9.53 Å². The molecular weight excluding hydrogens is 314 g/mol. The summed E-state index contributed by atoms with van der Waals surface area (Å²) in [5.74, 6) is 1.65. The van der Waals surface area contributed by atoms with Crippen LogP contribution in [0.2, 0.25) is 0 Å². The first-order chi connectivity index (χ1) is 12.2. The van der Waals surface area contributed by atoms with E-state index in [2.05, 4.69) is 10.4 Å². The minimum absolute atomic E-state index is 0.0190. The third-order valence-electron chi connectivity index (χ3n) is 4.52. The number of rotatable bonds is 4. The van der Waals surface area contributed by atoms with Crippen LogP contribution < -0.4 is 10.1 Å². The van der Waals surface area contributed by atoms with Crippen LogP contribution in [0.4, 0.5) is 5.82 Å². The van der Waals surface area contributed by atoms with Gasteiger partial charge < -0.3 is 10.1 Å². The molecule has 25 heavy (non-hydrogen) atoms. The van der Waals surface area contributed by atoms with E-state index in [4.69, 9.17) is 4.74 Å². The lowest BCUT2D eigenvalue weighted by atomic mass is 9.87. The molecule has 0 bridgehead atoms. The lowest BCUT2D eigenvalue weighted by Gasteiger charge is -2.23. The highest BCUT2D eigenvalue weighted by Crippen LogP contribution is 2.37. The van der Waals surface area contributed by atoms with Gasteiger partial charge in [0.1, 0.15) is 18.2 Å². The molecule has 1 aliphatic heterocycles. The van der Waals surface area contributed by atoms with E-state index in [1.54, 1.807) is 4.68 Å². The van der Waals surface area contributed by atoms with Gasteiger partial charge in [0.2, 0.25) is 5.91 Å². The SMILES string of the molecule is Cn1ncc2c1NC(=O)C[C@@H]2c1ccc(OCc2ccccc2)cc1. The molecule has 1 aromatic heterocycles. The van der Waals surface area contributed by atoms with Gasteiger partial charge in [0, 0.05) is 24.9 Å². The summed E-state index contributed by atoms with van der Waals surface area (Å²) in [4.78, 5) is 12.0. The Kier molecular flexibility index (Phi) is 3.98. The number of fused-ring (bicyclic) bond motifs is 1. The lowest BCUT2D eigenvalue weighted by Crippen LogP contribution is -2.24. The van der Waals surface area contributed by atoms with Gasteiger partial charge in [-0.15, -0.1) is 0 Å². The van der Waals surface area contributed by atoms with E-state index in [1.165, 1.54) is 0 Å². The lowest BCUT2D eigenvalue weighted by molar-refractivity contribution is -0.116. The molecule has 2 heterocycles. The molecule has 2 aromatic carbocycles. The smallest absolute Gasteiger partial charge is 0.226 e. The molecule has 1 aliphatic rings. The first-order valence-corrected chi connectivity index (χ1v) is 8.29. The van der Waals surface area contributed by atoms with Crippen molar-refractivity contribution in [3.05, 3.63) is 77.5 Å². The maximum absolute atomic E-state index is 12.0. The third-order valence-corrected chi connectivity index (χ3v) is 4.52. The van der Waals surface area contributed by atoms with Crippen molar-refractivity contribution in [1.82, 2.24) is 9.78 Å². The number of benzene rings is 2. The Morgan fingerprint density at radius 1 is 1.16 bits per heavy atom. The van der Waals surface area contributed by atoms with Crippen molar-refractivity contribution in [1.29, 1.82) is 0 Å². The standard InChI is InChI=1S/C20H19N3O2/c1-23-20-18(12-21-23)17(11-19(24)22-20)15-7-9-16(10-8-15)25-13-14-5-3-2-4-6-14/h2-10,12,17H,11,13H2,1H3,(H,22,24)/t17-/m1/s1. The minimum Gasteiger partial charge on any atom is -0.489 e. The van der Waals surface area contributed by atoms with E-state index < -0.39 is 0 Å². The van der Waals surface area contributed by atoms with Gasteiger partial charge in [0.15, 0.2) is 0 Å². The number of aromatic nitrogens is 2. The summed E-state index contributed by atoms with van der Waals surface area (Å²) >= 11 is 0. The van der Waals surface area contributed by atoms with Crippen LogP contribution in [0.5, 0.6) is 5.75 Å². The van der Waals surface area contributed by atoms with Gasteiger partial charge in [-0.2, -0.15) is 5.10 Å². The van der Waals surface area contributed by atoms with E-state index in [-0.39, 0.29) is 11.8 Å². The summed E-state index contributed by atoms with van der Waals surface area (Å²) in [5.41, 5.74) is 3.28. The summed E-state index contributed by atoms with van der Waals surface area (Å²) < 4.78 is 7.54. The van der Waals surface area contributed by atoms with Crippen LogP contribution in [0.1, 0.15) is 29.0 Å². The first kappa shape index (κ1) is 15.4. The van der Waals surface area contributed by atoms with Gasteiger partial charge in [-0.05, 0) is 23.3 Å². The number of anilines is 1. The van der Waals surface area contributed by atoms with E-state index in [1.807, 2.05) is 67.8 Å². The van der Waals surface area contributed by atoms with Crippen molar-refractivity contribution in [2.75, 3.05) is 5.32 Å². The molecule has 1 N–H and O–H groups in total. The molecule has 5 heteroatoms. The summed E-state index contributed by atoms with van der Waals surface area (Å²) in [6, 6.07) is 18.0. The van der Waals surface area contributed by atoms with Crippen molar-refractivity contribution >= 4 is 11.7 Å². The maximum Gasteiger partial charge on any atom is 0.226 e. The average molecular weight is 333 g/mol. The number of nitrogens with one attached hydrogen (secondary N) is 1. The topological polar surface area (TPSA) is 56.2 Å². The van der Waals surface area contributed by atoms with Crippen LogP contribution in [-0.4, -0.2) is 15.7 Å². The largest absolute Gasteiger partial charge is 0.489 e. The molecular formula is C20H19N3O2. The second kappa shape index (κ2) is 6.43. The van der Waals surface area contributed by atoms with Gasteiger partial charge in [0.05, 0.1) is 6.20 Å². The van der Waals surface area contributed by atoms with Crippen molar-refractivity contribution in [2.24, 2.45) is 7.05 Å². The number of carbonyl (C=O) groups is 1. The Balaban J connectivity index is 1.51. The molecule has 1 atom stereocenters. The quantitative estimate of drug-likeness (QED) is 0.795. The number of hydrogen-bond donors (Lipinski definition) is 1. The highest BCUT2D eigenvalue weighted by molar-refractivity contribution is 5.94. The zero-order valence-corrected chi connectivity index (χ0v) is 14.0. The molecule has 4 rings (SSSR count). The summed E-state index contributed by atoms with van der Waals surface area (Å²) in [6.07, 6.45) is 2.27. The Bertz CT molecular complexity index is 885. The number of aryl methyl sites for hydroxylation is 1. The minimum atomic E-state index is 0.0190. The molecule has 0 saturated heterocycles. The number of nitrogens with zero attached hydrogens (tertiary/aromatic N) is 2. The summed E-state index contributed by atoms with van der Waals surface area (Å²) in [7, 11) is 1.84. The first-order valence-electron chi connectivity index (χ1n) is 8.29. The predicted octanol–water partition coefficient (Wildman–Crippen LogP) is 3.47. The van der Waals surface area contributed by atoms with Crippen LogP contribution in [0, 0.1) is 0 Å². The van der Waals surface area contributed by atoms with Gasteiger partial charge in [-0.3, -0.25) is 9.48 Å². The fraction of sp³-hybridized carbons (Fsp3) is 0.200. The van der Waals surface area contributed by atoms with E-state index in [9.17, 15) is 4.79 Å². The predicted molar refractivity (Wildman–Crippen MR) is 95.5 cm³/mol. The van der Waals surface area contributed by atoms with Crippen molar-refractivity contribution in [3.63, 3.8) is 0 Å². The molecule has 0 radical (unpaired) electrons. The third kappa shape index (κ3) is 3.13. The Morgan fingerprint density at radius 3 is 2.68 bits per heavy atom. The van der Waals surface area contributed by atoms with Gasteiger partial charge in [-0.25, -0.2) is 0 Å². The van der Waals surface area contributed by atoms with E-state index in [0.717, 1.165) is 28.3 Å². The molecule has 0 fully saturated rings. The second-order valence-corrected chi connectivity index (χ2v) is 6.22. The Labute approximate surface area is 146 Å². The summed E-state index contributed by atoms with van der Waals surface area (Å²) in [5, 5.41) is 7.16. The van der Waals surface area contributed by atoms with Crippen molar-refractivity contribution in [3.8, 4) is 5.75 Å². The molecule has 5 nitrogen and oxygen atoms in total. The molecule has 1 amide bonds. The normalized spacial score (nSPS) is 16.2. The molecule has 3 aromatic rings. The van der Waals surface area contributed by atoms with Crippen LogP contribution in [0.25, 0.3) is 0 Å². The zero-order chi connectivity index (χ0) is 17.2. The van der Waals surface area contributed by atoms with E-state index in [0.29, 0.717) is 13.0 Å². The number of hydrogen-bond acceptors (Lipinski definition) is 3. The van der Waals surface area contributed by atoms with Crippen molar-refractivity contribution in [2.45, 2.75) is 18.9 Å². The number of amides is 1. The molecule has 0 spiro atoms. The Hall–Kier alpha value is -3.08. The van der Waals surface area contributed by atoms with Gasteiger partial charge in [0.25, 0.3) is 0 Å². The summed E-state index contributed by atoms with van der Waals surface area (Å²) in [6.45, 7) is 0.540. The highest BCUT2D eigenvalue weighted by atomic mass is 16.5. The zero-order valence-electron chi connectivity index (χ0n) is 14.0. The van der Waals surface area contributed by atoms with Gasteiger partial charge >= 0.3 is 0 Å². The highest BCUT2D eigenvalue weighted by Gasteiger charge is 2.29. The molecule has 126 valence electrons. The number of ether oxygens (including phenoxy) is 1. The van der Waals surface area contributed by atoms with Crippen LogP contribution >= 0.6 is 0 Å². The average Bonchev–Trinajstić information content (AvgIpc) is 3.02. The van der Waals surface area contributed by atoms with Crippen LogP contribution in [0.15, 0.2) is 60.8 Å². The molecule has 0 unspecified atom stereocenters. The number of carbonyl (C=O) groups excluding carboxylic acids is 1. The fourth-order valence-electron chi connectivity index (χ4n) is 3.18. The molecule has 0 saturated carbocycles. The molecule has 0 aliphatic carbocycles. The van der Waals surface area contributed by atoms with Crippen LogP contribution in [0.3, 0.4) is 0 Å². The monoisotopic (exact) mass is 333 g/mol. The van der Waals surface area contributed by atoms with Crippen LogP contribution in [-0.2, 0) is 18.4 Å². The van der Waals surface area contributed by atoms with Gasteiger partial charge in [-0.1, -0.05) is 42.5 Å². The second-order valence-electron chi connectivity index (χ2n) is 6.22. The van der Waals surface area contributed by atoms with E-state index >= 15 is 0 Å². The maximum atomic E-state index is 12.0.